The molecule has 4 rings (SSSR count). The van der Waals surface area contributed by atoms with Gasteiger partial charge in [0, 0.05) is 30.9 Å². The molecule has 3 aromatic rings. The van der Waals surface area contributed by atoms with Gasteiger partial charge in [-0.15, -0.1) is 0 Å². The maximum atomic E-state index is 13.5. The summed E-state index contributed by atoms with van der Waals surface area (Å²) in [6, 6.07) is 12.9. The highest BCUT2D eigenvalue weighted by Crippen LogP contribution is 2.33. The number of nitro benzene ring substituents is 1. The Morgan fingerprint density at radius 3 is 2.65 bits per heavy atom. The van der Waals surface area contributed by atoms with Gasteiger partial charge in [0.05, 0.1) is 30.4 Å². The minimum Gasteiger partial charge on any atom is -0.467 e. The van der Waals surface area contributed by atoms with Crippen LogP contribution in [0, 0.1) is 10.1 Å². The van der Waals surface area contributed by atoms with Crippen molar-refractivity contribution < 1.29 is 18.9 Å². The van der Waals surface area contributed by atoms with Crippen LogP contribution < -0.4 is 9.80 Å². The number of hydrogen-bond donors (Lipinski definition) is 0. The Bertz CT molecular complexity index is 1050. The van der Waals surface area contributed by atoms with Crippen molar-refractivity contribution >= 4 is 23.1 Å². The Labute approximate surface area is 179 Å². The van der Waals surface area contributed by atoms with Crippen molar-refractivity contribution in [1.82, 2.24) is 4.98 Å². The summed E-state index contributed by atoms with van der Waals surface area (Å²) in [6.07, 6.45) is 3.13. The minimum atomic E-state index is -0.463. The molecular formula is C22H22N4O5. The van der Waals surface area contributed by atoms with E-state index in [0.717, 1.165) is 0 Å². The van der Waals surface area contributed by atoms with Gasteiger partial charge in [-0.1, -0.05) is 6.07 Å². The van der Waals surface area contributed by atoms with Crippen molar-refractivity contribution in [2.24, 2.45) is 0 Å². The first kappa shape index (κ1) is 20.5. The summed E-state index contributed by atoms with van der Waals surface area (Å²) in [5.41, 5.74) is 0.570. The predicted molar refractivity (Wildman–Crippen MR) is 114 cm³/mol. The van der Waals surface area contributed by atoms with E-state index in [-0.39, 0.29) is 11.3 Å². The predicted octanol–water partition coefficient (Wildman–Crippen LogP) is 3.83. The molecule has 1 unspecified atom stereocenters. The quantitative estimate of drug-likeness (QED) is 0.439. The summed E-state index contributed by atoms with van der Waals surface area (Å²) in [5, 5.41) is 11.8. The molecule has 0 aliphatic carbocycles. The number of pyridine rings is 1. The molecule has 9 heteroatoms. The number of rotatable bonds is 6. The van der Waals surface area contributed by atoms with Crippen molar-refractivity contribution in [3.05, 3.63) is 82.4 Å². The van der Waals surface area contributed by atoms with Crippen molar-refractivity contribution in [3.63, 3.8) is 0 Å². The van der Waals surface area contributed by atoms with Crippen LogP contribution in [0.4, 0.5) is 17.2 Å². The van der Waals surface area contributed by atoms with Gasteiger partial charge < -0.3 is 14.1 Å². The Hall–Kier alpha value is -3.72. The van der Waals surface area contributed by atoms with Crippen LogP contribution in [-0.2, 0) is 4.74 Å². The third-order valence-electron chi connectivity index (χ3n) is 5.23. The summed E-state index contributed by atoms with van der Waals surface area (Å²) in [7, 11) is 0. The van der Waals surface area contributed by atoms with E-state index in [1.807, 2.05) is 11.8 Å². The Balaban J connectivity index is 1.73. The lowest BCUT2D eigenvalue weighted by Crippen LogP contribution is -2.37. The van der Waals surface area contributed by atoms with Gasteiger partial charge in [-0.05, 0) is 43.3 Å². The zero-order chi connectivity index (χ0) is 21.8. The fourth-order valence-electron chi connectivity index (χ4n) is 3.64. The molecule has 31 heavy (non-hydrogen) atoms. The Morgan fingerprint density at radius 2 is 2.00 bits per heavy atom. The van der Waals surface area contributed by atoms with Crippen LogP contribution in [0.25, 0.3) is 0 Å². The molecule has 1 amide bonds. The monoisotopic (exact) mass is 422 g/mol. The molecule has 0 radical (unpaired) electrons. The summed E-state index contributed by atoms with van der Waals surface area (Å²) in [4.78, 5) is 32.6. The summed E-state index contributed by atoms with van der Waals surface area (Å²) in [5.74, 6) is 0.606. The fraction of sp³-hybridized carbons (Fsp3) is 0.273. The Kier molecular flexibility index (Phi) is 5.94. The van der Waals surface area contributed by atoms with E-state index >= 15 is 0 Å². The molecule has 9 nitrogen and oxygen atoms in total. The second-order valence-corrected chi connectivity index (χ2v) is 7.11. The van der Waals surface area contributed by atoms with E-state index in [1.165, 1.54) is 17.2 Å². The second kappa shape index (κ2) is 8.97. The molecule has 1 aliphatic rings. The lowest BCUT2D eigenvalue weighted by Gasteiger charge is -2.29. The van der Waals surface area contributed by atoms with Crippen molar-refractivity contribution in [2.75, 3.05) is 36.1 Å². The van der Waals surface area contributed by atoms with E-state index in [4.69, 9.17) is 9.15 Å². The number of furan rings is 1. The zero-order valence-corrected chi connectivity index (χ0v) is 17.0. The first-order valence-electron chi connectivity index (χ1n) is 9.95. The first-order chi connectivity index (χ1) is 15.1. The summed E-state index contributed by atoms with van der Waals surface area (Å²) in [6.45, 7) is 3.95. The average molecular weight is 422 g/mol. The molecular weight excluding hydrogens is 400 g/mol. The van der Waals surface area contributed by atoms with Crippen LogP contribution in [0.5, 0.6) is 0 Å². The smallest absolute Gasteiger partial charge is 0.293 e. The van der Waals surface area contributed by atoms with E-state index in [0.29, 0.717) is 43.6 Å². The number of morpholine rings is 1. The molecule has 0 bridgehead atoms. The van der Waals surface area contributed by atoms with Crippen molar-refractivity contribution in [1.29, 1.82) is 0 Å². The average Bonchev–Trinajstić information content (AvgIpc) is 3.35. The Morgan fingerprint density at radius 1 is 1.19 bits per heavy atom. The normalized spacial score (nSPS) is 14.8. The third kappa shape index (κ3) is 4.26. The third-order valence-corrected chi connectivity index (χ3v) is 5.23. The maximum absolute atomic E-state index is 13.5. The molecule has 0 spiro atoms. The van der Waals surface area contributed by atoms with E-state index in [2.05, 4.69) is 4.98 Å². The fourth-order valence-corrected chi connectivity index (χ4v) is 3.64. The molecule has 1 atom stereocenters. The number of carbonyl (C=O) groups excluding carboxylic acids is 1. The molecule has 1 aliphatic heterocycles. The standard InChI is InChI=1S/C22H22N4O5/c1-16(20-5-4-12-31-20)25(21-6-2-3-9-23-21)22(27)17-7-8-18(19(15-17)26(28)29)24-10-13-30-14-11-24/h2-9,12,15-16H,10-11,13-14H2,1H3. The van der Waals surface area contributed by atoms with Gasteiger partial charge >= 0.3 is 0 Å². The molecule has 0 N–H and O–H groups in total. The second-order valence-electron chi connectivity index (χ2n) is 7.11. The highest BCUT2D eigenvalue weighted by Gasteiger charge is 2.30. The number of anilines is 2. The highest BCUT2D eigenvalue weighted by molar-refractivity contribution is 6.06. The van der Waals surface area contributed by atoms with E-state index < -0.39 is 16.9 Å². The molecule has 1 saturated heterocycles. The van der Waals surface area contributed by atoms with E-state index in [9.17, 15) is 14.9 Å². The van der Waals surface area contributed by atoms with Gasteiger partial charge in [-0.3, -0.25) is 19.8 Å². The van der Waals surface area contributed by atoms with Gasteiger partial charge in [0.25, 0.3) is 11.6 Å². The maximum Gasteiger partial charge on any atom is 0.293 e. The number of hydrogen-bond acceptors (Lipinski definition) is 7. The lowest BCUT2D eigenvalue weighted by molar-refractivity contribution is -0.384. The van der Waals surface area contributed by atoms with Gasteiger partial charge in [0.1, 0.15) is 17.3 Å². The molecule has 0 saturated carbocycles. The zero-order valence-electron chi connectivity index (χ0n) is 17.0. The van der Waals surface area contributed by atoms with Crippen LogP contribution >= 0.6 is 0 Å². The largest absolute Gasteiger partial charge is 0.467 e. The number of amides is 1. The molecule has 160 valence electrons. The van der Waals surface area contributed by atoms with Crippen LogP contribution in [0.3, 0.4) is 0 Å². The van der Waals surface area contributed by atoms with Gasteiger partial charge in [-0.2, -0.15) is 0 Å². The van der Waals surface area contributed by atoms with Gasteiger partial charge in [-0.25, -0.2) is 4.98 Å². The minimum absolute atomic E-state index is 0.112. The van der Waals surface area contributed by atoms with Crippen LogP contribution in [0.1, 0.15) is 29.1 Å². The van der Waals surface area contributed by atoms with Gasteiger partial charge in [0.15, 0.2) is 0 Å². The molecule has 1 aromatic carbocycles. The molecule has 1 fully saturated rings. The van der Waals surface area contributed by atoms with Crippen LogP contribution in [0.15, 0.2) is 65.4 Å². The lowest BCUT2D eigenvalue weighted by atomic mass is 10.1. The SMILES string of the molecule is CC(c1ccco1)N(C(=O)c1ccc(N2CCOCC2)c([N+](=O)[O-])c1)c1ccccn1. The number of carbonyl (C=O) groups is 1. The molecule has 2 aromatic heterocycles. The van der Waals surface area contributed by atoms with Crippen LogP contribution in [-0.4, -0.2) is 42.1 Å². The topological polar surface area (TPSA) is 102 Å². The molecule has 3 heterocycles. The van der Waals surface area contributed by atoms with Gasteiger partial charge in [0.2, 0.25) is 0 Å². The first-order valence-corrected chi connectivity index (χ1v) is 9.95. The number of ether oxygens (including phenoxy) is 1. The highest BCUT2D eigenvalue weighted by atomic mass is 16.6. The van der Waals surface area contributed by atoms with Crippen molar-refractivity contribution in [2.45, 2.75) is 13.0 Å². The van der Waals surface area contributed by atoms with E-state index in [1.54, 1.807) is 48.7 Å². The van der Waals surface area contributed by atoms with Crippen LogP contribution in [0.2, 0.25) is 0 Å². The number of nitrogens with zero attached hydrogens (tertiary/aromatic N) is 4. The number of benzene rings is 1. The van der Waals surface area contributed by atoms with Crippen molar-refractivity contribution in [3.8, 4) is 0 Å². The summed E-state index contributed by atoms with van der Waals surface area (Å²) < 4.78 is 10.8. The number of nitro groups is 1. The number of aromatic nitrogens is 1. The summed E-state index contributed by atoms with van der Waals surface area (Å²) >= 11 is 0.